The van der Waals surface area contributed by atoms with E-state index < -0.39 is 50.1 Å². The van der Waals surface area contributed by atoms with Gasteiger partial charge in [-0.1, -0.05) is 18.2 Å². The van der Waals surface area contributed by atoms with E-state index in [1.165, 1.54) is 24.0 Å². The van der Waals surface area contributed by atoms with Crippen molar-refractivity contribution < 1.29 is 38.3 Å². The van der Waals surface area contributed by atoms with E-state index in [4.69, 9.17) is 29.0 Å². The number of aliphatic hydroxyl groups excluding tert-OH is 2. The average Bonchev–Trinajstić information content (AvgIpc) is 3.51. The van der Waals surface area contributed by atoms with Gasteiger partial charge in [0.15, 0.2) is 5.82 Å². The SMILES string of the molecule is COC(C)(C)COC(=O)[C@H](C)NP(OC[C@H]1O[C@@](C#N)(c2ccc3c(N)ncnn23)[C@H](O)[C@@H]1O)Oc1ccccc1. The number of hydrogen-bond donors (Lipinski definition) is 4. The van der Waals surface area contributed by atoms with E-state index in [1.54, 1.807) is 51.1 Å². The number of aromatic nitrogens is 3. The number of nitrogens with two attached hydrogens (primary N) is 1. The number of hydrogen-bond acceptors (Lipinski definition) is 13. The Morgan fingerprint density at radius 2 is 2.05 bits per heavy atom. The molecule has 1 saturated heterocycles. The molecule has 14 nitrogen and oxygen atoms in total. The second-order valence-corrected chi connectivity index (χ2v) is 11.2. The highest BCUT2D eigenvalue weighted by Gasteiger charge is 2.57. The van der Waals surface area contributed by atoms with Crippen molar-refractivity contribution in [3.8, 4) is 11.8 Å². The van der Waals surface area contributed by atoms with Crippen LogP contribution in [0.15, 0.2) is 48.8 Å². The third kappa shape index (κ3) is 6.58. The lowest BCUT2D eigenvalue weighted by Gasteiger charge is -2.26. The summed E-state index contributed by atoms with van der Waals surface area (Å²) in [5.41, 5.74) is 3.83. The largest absolute Gasteiger partial charge is 0.461 e. The number of benzene rings is 1. The first-order chi connectivity index (χ1) is 19.5. The number of aliphatic hydroxyl groups is 2. The summed E-state index contributed by atoms with van der Waals surface area (Å²) in [6, 6.07) is 13.0. The summed E-state index contributed by atoms with van der Waals surface area (Å²) in [6.45, 7) is 4.90. The van der Waals surface area contributed by atoms with Crippen molar-refractivity contribution in [2.45, 2.75) is 56.3 Å². The molecule has 3 aromatic rings. The molecule has 1 unspecified atom stereocenters. The van der Waals surface area contributed by atoms with Crippen LogP contribution in [0.5, 0.6) is 5.75 Å². The number of para-hydroxylation sites is 1. The molecule has 15 heteroatoms. The summed E-state index contributed by atoms with van der Waals surface area (Å²) in [7, 11) is -0.470. The zero-order valence-electron chi connectivity index (χ0n) is 23.0. The highest BCUT2D eigenvalue weighted by molar-refractivity contribution is 7.45. The van der Waals surface area contributed by atoms with Crippen molar-refractivity contribution >= 4 is 25.8 Å². The van der Waals surface area contributed by atoms with Crippen LogP contribution in [-0.4, -0.2) is 81.1 Å². The number of esters is 1. The summed E-state index contributed by atoms with van der Waals surface area (Å²) < 4.78 is 29.8. The zero-order chi connectivity index (χ0) is 29.8. The fraction of sp³-hybridized carbons (Fsp3) is 0.462. The molecule has 4 rings (SSSR count). The smallest absolute Gasteiger partial charge is 0.323 e. The van der Waals surface area contributed by atoms with Crippen LogP contribution in [0.3, 0.4) is 0 Å². The topological polar surface area (TPSA) is 196 Å². The Kier molecular flexibility index (Phi) is 9.41. The maximum atomic E-state index is 12.6. The molecule has 3 heterocycles. The quantitative estimate of drug-likeness (QED) is 0.175. The predicted octanol–water partition coefficient (Wildman–Crippen LogP) is 1.42. The molecule has 0 amide bonds. The predicted molar refractivity (Wildman–Crippen MR) is 146 cm³/mol. The van der Waals surface area contributed by atoms with Crippen LogP contribution in [0.25, 0.3) is 5.52 Å². The molecule has 0 bridgehead atoms. The van der Waals surface area contributed by atoms with Gasteiger partial charge >= 0.3 is 14.5 Å². The molecule has 0 saturated carbocycles. The molecular formula is C26H33N6O8P. The van der Waals surface area contributed by atoms with Crippen LogP contribution in [0.4, 0.5) is 5.82 Å². The van der Waals surface area contributed by atoms with Crippen LogP contribution >= 0.6 is 8.53 Å². The number of nitrogens with one attached hydrogen (secondary N) is 1. The summed E-state index contributed by atoms with van der Waals surface area (Å²) >= 11 is 0. The third-order valence-electron chi connectivity index (χ3n) is 6.54. The molecule has 0 spiro atoms. The molecular weight excluding hydrogens is 555 g/mol. The summed E-state index contributed by atoms with van der Waals surface area (Å²) in [5, 5.41) is 39.1. The molecule has 220 valence electrons. The van der Waals surface area contributed by atoms with E-state index in [1.807, 2.05) is 12.1 Å². The molecule has 1 aromatic carbocycles. The van der Waals surface area contributed by atoms with Crippen LogP contribution in [0, 0.1) is 11.3 Å². The standard InChI is InChI=1S/C26H33N6O8P/c1-16(24(35)37-14-25(2,3)36-4)31-41(40-17-8-6-5-7-9-17)38-12-19-21(33)22(34)26(13-27,39-19)20-11-10-18-23(28)29-15-30-32(18)20/h5-11,15-16,19,21-22,31,33-34H,12,14H2,1-4H3,(H2,28,29,30)/t16-,19+,21+,22+,26-,41?/m0/s1. The third-order valence-corrected chi connectivity index (χ3v) is 7.90. The van der Waals surface area contributed by atoms with Crippen LogP contribution in [0.2, 0.25) is 0 Å². The Labute approximate surface area is 237 Å². The number of carbonyl (C=O) groups is 1. The Balaban J connectivity index is 1.49. The number of anilines is 1. The van der Waals surface area contributed by atoms with Gasteiger partial charge in [0.05, 0.1) is 17.9 Å². The Morgan fingerprint density at radius 3 is 2.73 bits per heavy atom. The van der Waals surface area contributed by atoms with Crippen LogP contribution in [-0.2, 0) is 29.1 Å². The second kappa shape index (κ2) is 12.6. The van der Waals surface area contributed by atoms with E-state index in [-0.39, 0.29) is 24.7 Å². The zero-order valence-corrected chi connectivity index (χ0v) is 23.9. The molecule has 1 aliphatic heterocycles. The average molecular weight is 589 g/mol. The van der Waals surface area contributed by atoms with Crippen LogP contribution < -0.4 is 15.3 Å². The van der Waals surface area contributed by atoms with Gasteiger partial charge in [-0.15, -0.1) is 0 Å². The lowest BCUT2D eigenvalue weighted by atomic mass is 9.92. The molecule has 0 aliphatic carbocycles. The van der Waals surface area contributed by atoms with E-state index >= 15 is 0 Å². The van der Waals surface area contributed by atoms with Crippen molar-refractivity contribution in [1.29, 1.82) is 5.26 Å². The summed E-state index contributed by atoms with van der Waals surface area (Å²) in [5.74, 6) is 0.0733. The van der Waals surface area contributed by atoms with Crippen molar-refractivity contribution in [2.24, 2.45) is 0 Å². The molecule has 41 heavy (non-hydrogen) atoms. The normalized spacial score (nSPS) is 24.1. The van der Waals surface area contributed by atoms with Gasteiger partial charge in [-0.3, -0.25) is 4.79 Å². The molecule has 6 atom stereocenters. The number of nitrogen functional groups attached to an aromatic ring is 1. The van der Waals surface area contributed by atoms with E-state index in [9.17, 15) is 20.3 Å². The van der Waals surface area contributed by atoms with Crippen molar-refractivity contribution in [3.05, 3.63) is 54.5 Å². The van der Waals surface area contributed by atoms with Gasteiger partial charge in [-0.25, -0.2) is 14.6 Å². The molecule has 1 aliphatic rings. The number of ether oxygens (including phenoxy) is 3. The second-order valence-electron chi connectivity index (χ2n) is 9.98. The first-order valence-electron chi connectivity index (χ1n) is 12.7. The maximum absolute atomic E-state index is 12.6. The van der Waals surface area contributed by atoms with Gasteiger partial charge in [-0.05, 0) is 45.0 Å². The summed E-state index contributed by atoms with van der Waals surface area (Å²) in [6.07, 6.45) is -3.10. The van der Waals surface area contributed by atoms with Crippen LogP contribution in [0.1, 0.15) is 26.5 Å². The number of nitriles is 1. The van der Waals surface area contributed by atoms with Crippen molar-refractivity contribution in [3.63, 3.8) is 0 Å². The number of carbonyl (C=O) groups excluding carboxylic acids is 1. The van der Waals surface area contributed by atoms with Crippen molar-refractivity contribution in [2.75, 3.05) is 26.1 Å². The monoisotopic (exact) mass is 588 g/mol. The lowest BCUT2D eigenvalue weighted by Crippen LogP contribution is -2.41. The van der Waals surface area contributed by atoms with Gasteiger partial charge in [0.2, 0.25) is 5.60 Å². The molecule has 5 N–H and O–H groups in total. The molecule has 2 aromatic heterocycles. The Bertz CT molecular complexity index is 1390. The minimum Gasteiger partial charge on any atom is -0.461 e. The number of nitrogens with zero attached hydrogens (tertiary/aromatic N) is 4. The minimum absolute atomic E-state index is 0.0356. The highest BCUT2D eigenvalue weighted by Crippen LogP contribution is 2.43. The van der Waals surface area contributed by atoms with E-state index in [2.05, 4.69) is 15.2 Å². The van der Waals surface area contributed by atoms with Gasteiger partial charge in [0, 0.05) is 7.11 Å². The van der Waals surface area contributed by atoms with Gasteiger partial charge in [-0.2, -0.15) is 10.4 Å². The van der Waals surface area contributed by atoms with E-state index in [0.717, 1.165) is 0 Å². The van der Waals surface area contributed by atoms with E-state index in [0.29, 0.717) is 11.3 Å². The number of rotatable bonds is 12. The molecule has 0 radical (unpaired) electrons. The summed E-state index contributed by atoms with van der Waals surface area (Å²) in [4.78, 5) is 16.6. The Hall–Kier alpha value is -3.41. The first-order valence-corrected chi connectivity index (χ1v) is 13.9. The first kappa shape index (κ1) is 30.5. The fourth-order valence-corrected chi connectivity index (χ4v) is 5.20. The van der Waals surface area contributed by atoms with Gasteiger partial charge in [0.1, 0.15) is 54.6 Å². The fourth-order valence-electron chi connectivity index (χ4n) is 4.00. The minimum atomic E-state index is -1.99. The lowest BCUT2D eigenvalue weighted by molar-refractivity contribution is -0.153. The van der Waals surface area contributed by atoms with Gasteiger partial charge in [0.25, 0.3) is 0 Å². The number of fused-ring (bicyclic) bond motifs is 1. The highest BCUT2D eigenvalue weighted by atomic mass is 31.2. The molecule has 1 fully saturated rings. The van der Waals surface area contributed by atoms with Crippen molar-refractivity contribution in [1.82, 2.24) is 19.7 Å². The number of methoxy groups -OCH3 is 1. The maximum Gasteiger partial charge on any atom is 0.323 e. The Morgan fingerprint density at radius 1 is 1.32 bits per heavy atom. The van der Waals surface area contributed by atoms with Gasteiger partial charge < -0.3 is 39.2 Å².